The van der Waals surface area contributed by atoms with Gasteiger partial charge in [-0.1, -0.05) is 19.4 Å². The third kappa shape index (κ3) is 7.83. The second-order valence-corrected chi connectivity index (χ2v) is 6.54. The lowest BCUT2D eigenvalue weighted by atomic mass is 10.1. The number of halogens is 1. The Balaban J connectivity index is 2.48. The molecular weight excluding hydrogens is 299 g/mol. The van der Waals surface area contributed by atoms with E-state index in [0.29, 0.717) is 13.1 Å². The van der Waals surface area contributed by atoms with Gasteiger partial charge < -0.3 is 20.5 Å². The van der Waals surface area contributed by atoms with Gasteiger partial charge in [0, 0.05) is 19.1 Å². The molecule has 5 nitrogen and oxygen atoms in total. The van der Waals surface area contributed by atoms with E-state index >= 15 is 0 Å². The molecule has 0 heterocycles. The minimum absolute atomic E-state index is 0.0596. The average molecular weight is 326 g/mol. The molecule has 130 valence electrons. The second kappa shape index (κ2) is 8.72. The molecular formula is C17H27FN2O3. The van der Waals surface area contributed by atoms with Gasteiger partial charge in [0.1, 0.15) is 5.60 Å². The van der Waals surface area contributed by atoms with Crippen LogP contribution >= 0.6 is 0 Å². The van der Waals surface area contributed by atoms with Crippen LogP contribution in [0.2, 0.25) is 0 Å². The zero-order chi connectivity index (χ0) is 17.5. The van der Waals surface area contributed by atoms with Crippen molar-refractivity contribution in [2.75, 3.05) is 6.54 Å². The van der Waals surface area contributed by atoms with Crippen LogP contribution in [0.3, 0.4) is 0 Å². The highest BCUT2D eigenvalue weighted by molar-refractivity contribution is 5.67. The Morgan fingerprint density at radius 1 is 1.39 bits per heavy atom. The van der Waals surface area contributed by atoms with E-state index in [2.05, 4.69) is 17.6 Å². The van der Waals surface area contributed by atoms with Crippen molar-refractivity contribution in [2.45, 2.75) is 58.7 Å². The number of rotatable bonds is 7. The van der Waals surface area contributed by atoms with Crippen LogP contribution in [0.5, 0.6) is 5.75 Å². The van der Waals surface area contributed by atoms with Gasteiger partial charge in [0.15, 0.2) is 11.6 Å². The molecule has 1 aromatic carbocycles. The maximum atomic E-state index is 13.3. The molecule has 0 saturated carbocycles. The highest BCUT2D eigenvalue weighted by Crippen LogP contribution is 2.16. The summed E-state index contributed by atoms with van der Waals surface area (Å²) < 4.78 is 18.5. The number of carbonyl (C=O) groups excluding carboxylic acids is 1. The van der Waals surface area contributed by atoms with Crippen molar-refractivity contribution < 1.29 is 19.0 Å². The molecule has 0 bridgehead atoms. The van der Waals surface area contributed by atoms with Crippen LogP contribution in [0.4, 0.5) is 9.18 Å². The number of ether oxygens (including phenoxy) is 1. The predicted octanol–water partition coefficient (Wildman–Crippen LogP) is 3.31. The summed E-state index contributed by atoms with van der Waals surface area (Å²) in [7, 11) is 0. The van der Waals surface area contributed by atoms with Gasteiger partial charge >= 0.3 is 6.09 Å². The number of benzene rings is 1. The predicted molar refractivity (Wildman–Crippen MR) is 87.8 cm³/mol. The fourth-order valence-electron chi connectivity index (χ4n) is 2.07. The summed E-state index contributed by atoms with van der Waals surface area (Å²) in [6, 6.07) is 4.35. The Hall–Kier alpha value is -1.82. The Morgan fingerprint density at radius 3 is 2.65 bits per heavy atom. The summed E-state index contributed by atoms with van der Waals surface area (Å²) in [5, 5.41) is 15.2. The fraction of sp³-hybridized carbons (Fsp3) is 0.588. The molecule has 0 saturated heterocycles. The number of phenolic OH excluding ortho intramolecular Hbond substituents is 1. The maximum absolute atomic E-state index is 13.3. The Labute approximate surface area is 137 Å². The molecule has 1 aromatic rings. The van der Waals surface area contributed by atoms with Crippen LogP contribution in [-0.2, 0) is 11.3 Å². The zero-order valence-electron chi connectivity index (χ0n) is 14.3. The molecule has 1 unspecified atom stereocenters. The van der Waals surface area contributed by atoms with Crippen molar-refractivity contribution in [3.05, 3.63) is 29.6 Å². The summed E-state index contributed by atoms with van der Waals surface area (Å²) in [6.07, 6.45) is 1.38. The lowest BCUT2D eigenvalue weighted by Gasteiger charge is -2.22. The summed E-state index contributed by atoms with van der Waals surface area (Å²) in [5.74, 6) is -0.992. The Kier molecular flexibility index (Phi) is 7.29. The van der Waals surface area contributed by atoms with E-state index in [0.717, 1.165) is 18.4 Å². The van der Waals surface area contributed by atoms with Gasteiger partial charge in [-0.05, 0) is 44.9 Å². The molecule has 0 spiro atoms. The smallest absolute Gasteiger partial charge is 0.407 e. The molecule has 23 heavy (non-hydrogen) atoms. The van der Waals surface area contributed by atoms with Gasteiger partial charge in [-0.25, -0.2) is 9.18 Å². The highest BCUT2D eigenvalue weighted by Gasteiger charge is 2.17. The first-order chi connectivity index (χ1) is 10.7. The van der Waals surface area contributed by atoms with Crippen molar-refractivity contribution in [1.29, 1.82) is 0 Å². The molecule has 0 radical (unpaired) electrons. The van der Waals surface area contributed by atoms with Crippen molar-refractivity contribution in [2.24, 2.45) is 0 Å². The maximum Gasteiger partial charge on any atom is 0.407 e. The van der Waals surface area contributed by atoms with Crippen molar-refractivity contribution >= 4 is 6.09 Å². The molecule has 0 aliphatic carbocycles. The van der Waals surface area contributed by atoms with Gasteiger partial charge in [0.2, 0.25) is 0 Å². The molecule has 1 amide bonds. The van der Waals surface area contributed by atoms with Crippen LogP contribution in [0.1, 0.15) is 46.1 Å². The van der Waals surface area contributed by atoms with E-state index in [1.54, 1.807) is 6.07 Å². The minimum atomic E-state index is -0.636. The number of phenols is 1. The summed E-state index contributed by atoms with van der Waals surface area (Å²) in [6.45, 7) is 8.39. The van der Waals surface area contributed by atoms with E-state index in [4.69, 9.17) is 4.74 Å². The molecule has 0 aromatic heterocycles. The SMILES string of the molecule is CCCC(CNC(=O)OC(C)(C)C)NCc1ccc(O)c(F)c1. The summed E-state index contributed by atoms with van der Waals surface area (Å²) in [5.41, 5.74) is 0.208. The number of amides is 1. The molecule has 0 fully saturated rings. The number of alkyl carbamates (subject to hydrolysis) is 1. The summed E-state index contributed by atoms with van der Waals surface area (Å²) >= 11 is 0. The van der Waals surface area contributed by atoms with Gasteiger partial charge in [-0.2, -0.15) is 0 Å². The third-order valence-corrected chi connectivity index (χ3v) is 3.14. The molecule has 0 aliphatic rings. The second-order valence-electron chi connectivity index (χ2n) is 6.54. The van der Waals surface area contributed by atoms with Crippen LogP contribution in [0, 0.1) is 5.82 Å². The summed E-state index contributed by atoms with van der Waals surface area (Å²) in [4.78, 5) is 11.7. The fourth-order valence-corrected chi connectivity index (χ4v) is 2.07. The van der Waals surface area contributed by atoms with Crippen molar-refractivity contribution in [3.63, 3.8) is 0 Å². The van der Waals surface area contributed by atoms with Gasteiger partial charge in [0.25, 0.3) is 0 Å². The van der Waals surface area contributed by atoms with E-state index in [-0.39, 0.29) is 11.8 Å². The number of nitrogens with one attached hydrogen (secondary N) is 2. The number of hydrogen-bond acceptors (Lipinski definition) is 4. The van der Waals surface area contributed by atoms with E-state index < -0.39 is 17.5 Å². The third-order valence-electron chi connectivity index (χ3n) is 3.14. The first-order valence-corrected chi connectivity index (χ1v) is 7.89. The average Bonchev–Trinajstić information content (AvgIpc) is 2.43. The normalized spacial score (nSPS) is 12.7. The number of aromatic hydroxyl groups is 1. The quantitative estimate of drug-likeness (QED) is 0.719. The lowest BCUT2D eigenvalue weighted by molar-refractivity contribution is 0.0521. The molecule has 3 N–H and O–H groups in total. The Bertz CT molecular complexity index is 515. The van der Waals surface area contributed by atoms with Gasteiger partial charge in [-0.15, -0.1) is 0 Å². The van der Waals surface area contributed by atoms with Gasteiger partial charge in [-0.3, -0.25) is 0 Å². The molecule has 1 atom stereocenters. The van der Waals surface area contributed by atoms with Gasteiger partial charge in [0.05, 0.1) is 0 Å². The first-order valence-electron chi connectivity index (χ1n) is 7.89. The van der Waals surface area contributed by atoms with E-state index in [1.807, 2.05) is 20.8 Å². The van der Waals surface area contributed by atoms with Crippen LogP contribution in [0.25, 0.3) is 0 Å². The standard InChI is InChI=1S/C17H27FN2O3/c1-5-6-13(11-20-16(22)23-17(2,3)4)19-10-12-7-8-15(21)14(18)9-12/h7-9,13,19,21H,5-6,10-11H2,1-4H3,(H,20,22). The highest BCUT2D eigenvalue weighted by atomic mass is 19.1. The first kappa shape index (κ1) is 19.2. The largest absolute Gasteiger partial charge is 0.505 e. The van der Waals surface area contributed by atoms with Crippen molar-refractivity contribution in [1.82, 2.24) is 10.6 Å². The van der Waals surface area contributed by atoms with Crippen LogP contribution in [-0.4, -0.2) is 29.4 Å². The van der Waals surface area contributed by atoms with Crippen molar-refractivity contribution in [3.8, 4) is 5.75 Å². The topological polar surface area (TPSA) is 70.6 Å². The van der Waals surface area contributed by atoms with Crippen LogP contribution in [0.15, 0.2) is 18.2 Å². The lowest BCUT2D eigenvalue weighted by Crippen LogP contribution is -2.42. The minimum Gasteiger partial charge on any atom is -0.505 e. The number of hydrogen-bond donors (Lipinski definition) is 3. The molecule has 1 rings (SSSR count). The number of carbonyl (C=O) groups is 1. The zero-order valence-corrected chi connectivity index (χ0v) is 14.3. The Morgan fingerprint density at radius 2 is 2.09 bits per heavy atom. The van der Waals surface area contributed by atoms with Crippen LogP contribution < -0.4 is 10.6 Å². The molecule has 6 heteroatoms. The molecule has 0 aliphatic heterocycles. The monoisotopic (exact) mass is 326 g/mol. The van der Waals surface area contributed by atoms with E-state index in [9.17, 15) is 14.3 Å². The van der Waals surface area contributed by atoms with E-state index in [1.165, 1.54) is 12.1 Å².